The van der Waals surface area contributed by atoms with Gasteiger partial charge in [-0.25, -0.2) is 9.97 Å². The van der Waals surface area contributed by atoms with Crippen LogP contribution in [0.2, 0.25) is 0 Å². The van der Waals surface area contributed by atoms with E-state index in [1.54, 1.807) is 6.33 Å². The van der Waals surface area contributed by atoms with Crippen LogP contribution in [0, 0.1) is 6.92 Å². The molecule has 4 rings (SSSR count). The zero-order valence-electron chi connectivity index (χ0n) is 14.7. The van der Waals surface area contributed by atoms with E-state index < -0.39 is 0 Å². The van der Waals surface area contributed by atoms with Crippen molar-refractivity contribution in [3.8, 4) is 0 Å². The van der Waals surface area contributed by atoms with Crippen molar-refractivity contribution < 1.29 is 0 Å². The maximum Gasteiger partial charge on any atom is 0.115 e. The lowest BCUT2D eigenvalue weighted by atomic mass is 9.94. The Morgan fingerprint density at radius 1 is 0.960 bits per heavy atom. The minimum absolute atomic E-state index is 0.442. The quantitative estimate of drug-likeness (QED) is 0.656. The third-order valence-corrected chi connectivity index (χ3v) is 5.02. The first-order valence-electron chi connectivity index (χ1n) is 8.86. The summed E-state index contributed by atoms with van der Waals surface area (Å²) in [6.45, 7) is 4.39. The molecule has 2 heteroatoms. The number of aryl methyl sites for hydroxylation is 1. The van der Waals surface area contributed by atoms with Crippen LogP contribution < -0.4 is 0 Å². The van der Waals surface area contributed by atoms with Gasteiger partial charge in [0, 0.05) is 12.0 Å². The average Bonchev–Trinajstić information content (AvgIpc) is 3.08. The number of benzene rings is 2. The van der Waals surface area contributed by atoms with Crippen molar-refractivity contribution in [2.75, 3.05) is 0 Å². The summed E-state index contributed by atoms with van der Waals surface area (Å²) in [6.07, 6.45) is 5.84. The molecule has 1 aliphatic rings. The summed E-state index contributed by atoms with van der Waals surface area (Å²) >= 11 is 0. The number of hydrogen-bond acceptors (Lipinski definition) is 2. The Kier molecular flexibility index (Phi) is 4.19. The summed E-state index contributed by atoms with van der Waals surface area (Å²) in [5.74, 6) is 0.442. The van der Waals surface area contributed by atoms with Crippen LogP contribution in [0.4, 0.5) is 0 Å². The van der Waals surface area contributed by atoms with E-state index in [0.717, 1.165) is 24.2 Å². The zero-order chi connectivity index (χ0) is 17.2. The van der Waals surface area contributed by atoms with Gasteiger partial charge in [0.25, 0.3) is 0 Å². The van der Waals surface area contributed by atoms with Gasteiger partial charge >= 0.3 is 0 Å². The van der Waals surface area contributed by atoms with E-state index in [4.69, 9.17) is 0 Å². The smallest absolute Gasteiger partial charge is 0.115 e. The third kappa shape index (κ3) is 3.25. The molecule has 3 aromatic rings. The van der Waals surface area contributed by atoms with Gasteiger partial charge in [0.05, 0.1) is 11.4 Å². The predicted octanol–water partition coefficient (Wildman–Crippen LogP) is 5.23. The van der Waals surface area contributed by atoms with E-state index in [-0.39, 0.29) is 0 Å². The van der Waals surface area contributed by atoms with Crippen LogP contribution >= 0.6 is 0 Å². The summed E-state index contributed by atoms with van der Waals surface area (Å²) in [6, 6.07) is 19.4. The molecule has 124 valence electrons. The maximum absolute atomic E-state index is 4.60. The van der Waals surface area contributed by atoms with E-state index in [9.17, 15) is 0 Å². The largest absolute Gasteiger partial charge is 0.241 e. The minimum atomic E-state index is 0.442. The van der Waals surface area contributed by atoms with Crippen LogP contribution in [0.1, 0.15) is 46.5 Å². The topological polar surface area (TPSA) is 25.8 Å². The Hall–Kier alpha value is -2.74. The van der Waals surface area contributed by atoms with E-state index >= 15 is 0 Å². The van der Waals surface area contributed by atoms with Gasteiger partial charge in [0.2, 0.25) is 0 Å². The maximum atomic E-state index is 4.60. The van der Waals surface area contributed by atoms with Crippen molar-refractivity contribution in [2.24, 2.45) is 0 Å². The van der Waals surface area contributed by atoms with E-state index in [1.807, 2.05) is 0 Å². The third-order valence-electron chi connectivity index (χ3n) is 5.02. The van der Waals surface area contributed by atoms with Gasteiger partial charge in [-0.2, -0.15) is 0 Å². The van der Waals surface area contributed by atoms with Gasteiger partial charge in [0.1, 0.15) is 6.33 Å². The lowest BCUT2D eigenvalue weighted by molar-refractivity contribution is 0.734. The number of nitrogens with zero attached hydrogens (tertiary/aromatic N) is 2. The van der Waals surface area contributed by atoms with Crippen LogP contribution in [-0.2, 0) is 12.8 Å². The Morgan fingerprint density at radius 2 is 1.72 bits per heavy atom. The summed E-state index contributed by atoms with van der Waals surface area (Å²) in [7, 11) is 0. The number of hydrogen-bond donors (Lipinski definition) is 0. The molecule has 0 spiro atoms. The molecule has 0 radical (unpaired) electrons. The van der Waals surface area contributed by atoms with Crippen LogP contribution in [0.15, 0.2) is 60.9 Å². The number of allylic oxidation sites excluding steroid dienone is 1. The molecule has 25 heavy (non-hydrogen) atoms. The first-order chi connectivity index (χ1) is 12.2. The first-order valence-corrected chi connectivity index (χ1v) is 8.86. The summed E-state index contributed by atoms with van der Waals surface area (Å²) in [5.41, 5.74) is 8.80. The fourth-order valence-corrected chi connectivity index (χ4v) is 3.49. The molecular formula is C23H22N2. The van der Waals surface area contributed by atoms with Crippen molar-refractivity contribution in [3.63, 3.8) is 0 Å². The van der Waals surface area contributed by atoms with E-state index in [2.05, 4.69) is 84.5 Å². The van der Waals surface area contributed by atoms with E-state index in [0.29, 0.717) is 5.92 Å². The Labute approximate surface area is 149 Å². The highest BCUT2D eigenvalue weighted by atomic mass is 14.8. The molecule has 1 heterocycles. The SMILES string of the molecule is Cc1ccc(C2=Cc3c(ncnc3C[C@H](C)c3ccccc3)C2)cc1. The molecule has 1 atom stereocenters. The molecule has 0 fully saturated rings. The van der Waals surface area contributed by atoms with Gasteiger partial charge in [-0.1, -0.05) is 67.1 Å². The Bertz CT molecular complexity index is 909. The van der Waals surface area contributed by atoms with E-state index in [1.165, 1.54) is 27.8 Å². The predicted molar refractivity (Wildman–Crippen MR) is 103 cm³/mol. The summed E-state index contributed by atoms with van der Waals surface area (Å²) < 4.78 is 0. The second-order valence-corrected chi connectivity index (χ2v) is 6.91. The minimum Gasteiger partial charge on any atom is -0.241 e. The highest BCUT2D eigenvalue weighted by Crippen LogP contribution is 2.33. The normalized spacial score (nSPS) is 14.1. The molecular weight excluding hydrogens is 304 g/mol. The molecule has 0 bridgehead atoms. The van der Waals surface area contributed by atoms with Crippen LogP contribution in [0.3, 0.4) is 0 Å². The highest BCUT2D eigenvalue weighted by molar-refractivity contribution is 5.88. The molecule has 0 amide bonds. The number of rotatable bonds is 4. The van der Waals surface area contributed by atoms with Gasteiger partial charge in [0.15, 0.2) is 0 Å². The molecule has 0 saturated carbocycles. The molecule has 2 aromatic carbocycles. The van der Waals surface area contributed by atoms with Crippen molar-refractivity contribution in [2.45, 2.75) is 32.6 Å². The van der Waals surface area contributed by atoms with Crippen molar-refractivity contribution in [1.82, 2.24) is 9.97 Å². The molecule has 0 unspecified atom stereocenters. The Morgan fingerprint density at radius 3 is 2.48 bits per heavy atom. The van der Waals surface area contributed by atoms with Crippen LogP contribution in [-0.4, -0.2) is 9.97 Å². The lowest BCUT2D eigenvalue weighted by Gasteiger charge is -2.13. The lowest BCUT2D eigenvalue weighted by Crippen LogP contribution is -2.04. The molecule has 1 aliphatic carbocycles. The fourth-order valence-electron chi connectivity index (χ4n) is 3.49. The van der Waals surface area contributed by atoms with Crippen molar-refractivity contribution in [3.05, 3.63) is 94.6 Å². The second-order valence-electron chi connectivity index (χ2n) is 6.91. The monoisotopic (exact) mass is 326 g/mol. The zero-order valence-corrected chi connectivity index (χ0v) is 14.7. The van der Waals surface area contributed by atoms with Gasteiger partial charge in [-0.3, -0.25) is 0 Å². The standard InChI is InChI=1S/C23H22N2/c1-16-8-10-19(11-9-16)20-13-21-22(24-15-25-23(21)14-20)12-17(2)18-6-4-3-5-7-18/h3-11,13,15,17H,12,14H2,1-2H3/t17-/m0/s1. The van der Waals surface area contributed by atoms with Crippen LogP contribution in [0.5, 0.6) is 0 Å². The van der Waals surface area contributed by atoms with Gasteiger partial charge in [-0.05, 0) is 42.0 Å². The van der Waals surface area contributed by atoms with Crippen molar-refractivity contribution >= 4 is 11.6 Å². The summed E-state index contributed by atoms with van der Waals surface area (Å²) in [4.78, 5) is 9.13. The van der Waals surface area contributed by atoms with Gasteiger partial charge < -0.3 is 0 Å². The summed E-state index contributed by atoms with van der Waals surface area (Å²) in [5, 5.41) is 0. The molecule has 0 N–H and O–H groups in total. The number of aromatic nitrogens is 2. The Balaban J connectivity index is 1.63. The average molecular weight is 326 g/mol. The first kappa shape index (κ1) is 15.8. The van der Waals surface area contributed by atoms with Crippen molar-refractivity contribution in [1.29, 1.82) is 0 Å². The second kappa shape index (κ2) is 6.64. The molecule has 1 aromatic heterocycles. The number of fused-ring (bicyclic) bond motifs is 1. The van der Waals surface area contributed by atoms with Crippen LogP contribution in [0.25, 0.3) is 11.6 Å². The van der Waals surface area contributed by atoms with Gasteiger partial charge in [-0.15, -0.1) is 0 Å². The molecule has 0 aliphatic heterocycles. The highest BCUT2D eigenvalue weighted by Gasteiger charge is 2.20. The molecule has 0 saturated heterocycles. The fraction of sp³-hybridized carbons (Fsp3) is 0.217. The molecule has 2 nitrogen and oxygen atoms in total.